The zero-order valence-electron chi connectivity index (χ0n) is 9.59. The lowest BCUT2D eigenvalue weighted by atomic mass is 10.1. The number of benzene rings is 1. The maximum absolute atomic E-state index is 5.69. The van der Waals surface area contributed by atoms with Crippen LogP contribution in [0.1, 0.15) is 11.7 Å². The Hall–Kier alpha value is -1.13. The van der Waals surface area contributed by atoms with E-state index in [-0.39, 0.29) is 6.10 Å². The molecule has 1 saturated heterocycles. The Morgan fingerprint density at radius 2 is 2.06 bits per heavy atom. The van der Waals surface area contributed by atoms with Crippen molar-refractivity contribution in [1.82, 2.24) is 9.80 Å². The molecule has 0 saturated carbocycles. The molecule has 4 heteroatoms. The van der Waals surface area contributed by atoms with Gasteiger partial charge in [-0.25, -0.2) is 0 Å². The van der Waals surface area contributed by atoms with Gasteiger partial charge in [-0.1, -0.05) is 30.3 Å². The first-order valence-electron chi connectivity index (χ1n) is 5.32. The second kappa shape index (κ2) is 4.80. The second-order valence-electron chi connectivity index (χ2n) is 4.23. The highest BCUT2D eigenvalue weighted by molar-refractivity contribution is 7.80. The van der Waals surface area contributed by atoms with Gasteiger partial charge < -0.3 is 9.64 Å². The first kappa shape index (κ1) is 11.4. The molecular formula is C12H16N2OS. The van der Waals surface area contributed by atoms with Crippen LogP contribution in [0.5, 0.6) is 0 Å². The second-order valence-corrected chi connectivity index (χ2v) is 4.58. The molecule has 1 aliphatic rings. The third-order valence-corrected chi connectivity index (χ3v) is 2.87. The van der Waals surface area contributed by atoms with Crippen LogP contribution in [-0.2, 0) is 4.74 Å². The highest BCUT2D eigenvalue weighted by Crippen LogP contribution is 2.25. The van der Waals surface area contributed by atoms with E-state index < -0.39 is 0 Å². The van der Waals surface area contributed by atoms with Crippen LogP contribution in [0.2, 0.25) is 0 Å². The van der Waals surface area contributed by atoms with Crippen LogP contribution in [0, 0.1) is 0 Å². The summed E-state index contributed by atoms with van der Waals surface area (Å²) in [6, 6.07) is 10.2. The molecule has 1 aromatic rings. The molecule has 86 valence electrons. The summed E-state index contributed by atoms with van der Waals surface area (Å²) in [6.07, 6.45) is 0.0775. The lowest BCUT2D eigenvalue weighted by Gasteiger charge is -2.19. The molecule has 0 bridgehead atoms. The third kappa shape index (κ3) is 2.51. The zero-order valence-corrected chi connectivity index (χ0v) is 10.4. The van der Waals surface area contributed by atoms with Crippen molar-refractivity contribution in [3.63, 3.8) is 0 Å². The summed E-state index contributed by atoms with van der Waals surface area (Å²) >= 11 is 5.21. The van der Waals surface area contributed by atoms with Crippen molar-refractivity contribution in [2.45, 2.75) is 6.10 Å². The summed E-state index contributed by atoms with van der Waals surface area (Å²) < 4.78 is 5.69. The van der Waals surface area contributed by atoms with Gasteiger partial charge in [0.25, 0.3) is 5.17 Å². The predicted octanol–water partition coefficient (Wildman–Crippen LogP) is 1.86. The molecule has 1 unspecified atom stereocenters. The molecule has 2 rings (SSSR count). The molecule has 0 N–H and O–H groups in total. The minimum atomic E-state index is 0.0775. The number of ether oxygens (including phenoxy) is 1. The summed E-state index contributed by atoms with van der Waals surface area (Å²) in [5, 5.41) is 0.600. The van der Waals surface area contributed by atoms with Crippen molar-refractivity contribution >= 4 is 17.4 Å². The summed E-state index contributed by atoms with van der Waals surface area (Å²) in [5.74, 6) is 0. The lowest BCUT2D eigenvalue weighted by molar-refractivity contribution is 0.235. The molecule has 1 atom stereocenters. The van der Waals surface area contributed by atoms with Gasteiger partial charge in [0.15, 0.2) is 0 Å². The number of nitrogens with zero attached hydrogens (tertiary/aromatic N) is 2. The van der Waals surface area contributed by atoms with Crippen molar-refractivity contribution in [1.29, 1.82) is 0 Å². The van der Waals surface area contributed by atoms with Crippen molar-refractivity contribution in [2.24, 2.45) is 0 Å². The van der Waals surface area contributed by atoms with E-state index in [0.717, 1.165) is 13.2 Å². The molecule has 0 aliphatic carbocycles. The lowest BCUT2D eigenvalue weighted by Crippen LogP contribution is -2.34. The van der Waals surface area contributed by atoms with Gasteiger partial charge >= 0.3 is 0 Å². The van der Waals surface area contributed by atoms with Crippen LogP contribution in [0.3, 0.4) is 0 Å². The van der Waals surface area contributed by atoms with Gasteiger partial charge in [0, 0.05) is 0 Å². The third-order valence-electron chi connectivity index (χ3n) is 2.51. The molecular weight excluding hydrogens is 220 g/mol. The fraction of sp³-hybridized carbons (Fsp3) is 0.417. The SMILES string of the molecule is CN(C)CN1CC(c2ccccc2)OC1=S. The van der Waals surface area contributed by atoms with Crippen molar-refractivity contribution in [3.05, 3.63) is 35.9 Å². The fourth-order valence-electron chi connectivity index (χ4n) is 1.81. The van der Waals surface area contributed by atoms with Crippen molar-refractivity contribution in [2.75, 3.05) is 27.3 Å². The van der Waals surface area contributed by atoms with E-state index in [4.69, 9.17) is 17.0 Å². The van der Waals surface area contributed by atoms with Crippen LogP contribution in [0.25, 0.3) is 0 Å². The zero-order chi connectivity index (χ0) is 11.5. The summed E-state index contributed by atoms with van der Waals surface area (Å²) in [7, 11) is 4.05. The Bertz CT molecular complexity index is 367. The van der Waals surface area contributed by atoms with Gasteiger partial charge in [0.1, 0.15) is 6.10 Å². The van der Waals surface area contributed by atoms with E-state index in [0.29, 0.717) is 5.17 Å². The summed E-state index contributed by atoms with van der Waals surface area (Å²) in [5.41, 5.74) is 1.19. The Morgan fingerprint density at radius 1 is 1.38 bits per heavy atom. The molecule has 16 heavy (non-hydrogen) atoms. The number of thiocarbonyl (C=S) groups is 1. The van der Waals surface area contributed by atoms with E-state index in [1.54, 1.807) is 0 Å². The summed E-state index contributed by atoms with van der Waals surface area (Å²) in [6.45, 7) is 1.64. The van der Waals surface area contributed by atoms with Gasteiger partial charge in [-0.3, -0.25) is 4.90 Å². The number of rotatable bonds is 3. The minimum Gasteiger partial charge on any atom is -0.461 e. The minimum absolute atomic E-state index is 0.0775. The van der Waals surface area contributed by atoms with Gasteiger partial charge in [0.2, 0.25) is 0 Å². The van der Waals surface area contributed by atoms with Gasteiger partial charge in [0.05, 0.1) is 13.2 Å². The molecule has 0 radical (unpaired) electrons. The largest absolute Gasteiger partial charge is 0.461 e. The van der Waals surface area contributed by atoms with E-state index in [1.807, 2.05) is 32.3 Å². The van der Waals surface area contributed by atoms with Crippen molar-refractivity contribution < 1.29 is 4.74 Å². The Balaban J connectivity index is 2.04. The maximum atomic E-state index is 5.69. The first-order valence-corrected chi connectivity index (χ1v) is 5.73. The monoisotopic (exact) mass is 236 g/mol. The molecule has 1 aromatic carbocycles. The average molecular weight is 236 g/mol. The smallest absolute Gasteiger partial charge is 0.261 e. The van der Waals surface area contributed by atoms with Crippen LogP contribution >= 0.6 is 12.2 Å². The molecule has 1 fully saturated rings. The van der Waals surface area contributed by atoms with Crippen LogP contribution in [-0.4, -0.2) is 42.3 Å². The maximum Gasteiger partial charge on any atom is 0.261 e. The molecule has 1 aliphatic heterocycles. The molecule has 3 nitrogen and oxygen atoms in total. The number of hydrogen-bond donors (Lipinski definition) is 0. The van der Waals surface area contributed by atoms with Crippen LogP contribution < -0.4 is 0 Å². The normalized spacial score (nSPS) is 20.3. The van der Waals surface area contributed by atoms with Gasteiger partial charge in [-0.05, 0) is 31.9 Å². The highest BCUT2D eigenvalue weighted by Gasteiger charge is 2.29. The molecule has 0 spiro atoms. The molecule has 0 aromatic heterocycles. The Morgan fingerprint density at radius 3 is 2.69 bits per heavy atom. The molecule has 1 heterocycles. The predicted molar refractivity (Wildman–Crippen MR) is 68.1 cm³/mol. The first-order chi connectivity index (χ1) is 7.66. The van der Waals surface area contributed by atoms with Crippen LogP contribution in [0.4, 0.5) is 0 Å². The summed E-state index contributed by atoms with van der Waals surface area (Å²) in [4.78, 5) is 4.16. The van der Waals surface area contributed by atoms with Crippen molar-refractivity contribution in [3.8, 4) is 0 Å². The Kier molecular flexibility index (Phi) is 3.41. The Labute approximate surface area is 102 Å². The number of hydrogen-bond acceptors (Lipinski definition) is 3. The standard InChI is InChI=1S/C12H16N2OS/c1-13(2)9-14-8-11(15-12(14)16)10-6-4-3-5-7-10/h3-7,11H,8-9H2,1-2H3. The van der Waals surface area contributed by atoms with E-state index in [2.05, 4.69) is 21.9 Å². The highest BCUT2D eigenvalue weighted by atomic mass is 32.1. The van der Waals surface area contributed by atoms with Crippen LogP contribution in [0.15, 0.2) is 30.3 Å². The average Bonchev–Trinajstić information content (AvgIpc) is 2.61. The van der Waals surface area contributed by atoms with E-state index in [1.165, 1.54) is 5.56 Å². The molecule has 0 amide bonds. The van der Waals surface area contributed by atoms with Gasteiger partial charge in [-0.15, -0.1) is 0 Å². The van der Waals surface area contributed by atoms with Gasteiger partial charge in [-0.2, -0.15) is 0 Å². The van der Waals surface area contributed by atoms with E-state index >= 15 is 0 Å². The topological polar surface area (TPSA) is 15.7 Å². The quantitative estimate of drug-likeness (QED) is 0.744. The van der Waals surface area contributed by atoms with E-state index in [9.17, 15) is 0 Å². The fourth-order valence-corrected chi connectivity index (χ4v) is 2.05.